The highest BCUT2D eigenvalue weighted by Crippen LogP contribution is 2.20. The number of rotatable bonds is 5. The second-order valence-corrected chi connectivity index (χ2v) is 5.32. The van der Waals surface area contributed by atoms with Crippen LogP contribution in [-0.4, -0.2) is 52.3 Å². The van der Waals surface area contributed by atoms with Crippen LogP contribution in [0.2, 0.25) is 0 Å². The summed E-state index contributed by atoms with van der Waals surface area (Å²) >= 11 is 0. The Bertz CT molecular complexity index is 538. The average Bonchev–Trinajstić information content (AvgIpc) is 3.04. The Labute approximate surface area is 131 Å². The summed E-state index contributed by atoms with van der Waals surface area (Å²) in [6, 6.07) is 3.40. The van der Waals surface area contributed by atoms with Crippen LogP contribution < -0.4 is 0 Å². The molecule has 2 heterocycles. The van der Waals surface area contributed by atoms with Crippen molar-refractivity contribution in [2.24, 2.45) is 0 Å². The second kappa shape index (κ2) is 7.73. The van der Waals surface area contributed by atoms with Crippen molar-refractivity contribution in [3.63, 3.8) is 0 Å². The molecule has 0 N–H and O–H groups in total. The van der Waals surface area contributed by atoms with Crippen molar-refractivity contribution < 1.29 is 9.59 Å². The summed E-state index contributed by atoms with van der Waals surface area (Å²) in [6.07, 6.45) is 8.30. The van der Waals surface area contributed by atoms with E-state index in [4.69, 9.17) is 0 Å². The van der Waals surface area contributed by atoms with Gasteiger partial charge in [0, 0.05) is 38.1 Å². The zero-order chi connectivity index (χ0) is 15.9. The van der Waals surface area contributed by atoms with Gasteiger partial charge in [-0.2, -0.15) is 0 Å². The van der Waals surface area contributed by atoms with Gasteiger partial charge in [-0.1, -0.05) is 6.07 Å². The Morgan fingerprint density at radius 1 is 1.41 bits per heavy atom. The molecule has 1 aromatic heterocycles. The first kappa shape index (κ1) is 16.2. The molecule has 118 valence electrons. The van der Waals surface area contributed by atoms with E-state index in [0.29, 0.717) is 19.6 Å². The van der Waals surface area contributed by atoms with Gasteiger partial charge in [0.2, 0.25) is 11.8 Å². The van der Waals surface area contributed by atoms with Crippen molar-refractivity contribution in [1.29, 1.82) is 0 Å². The summed E-state index contributed by atoms with van der Waals surface area (Å²) < 4.78 is 0. The smallest absolute Gasteiger partial charge is 0.247 e. The molecule has 1 atom stereocenters. The van der Waals surface area contributed by atoms with Crippen molar-refractivity contribution in [2.45, 2.75) is 32.7 Å². The SMILES string of the molecule is CCN(CC)C(=O)[C@@H]1CCCN1C(=O)/C=C/c1cccnc1. The maximum Gasteiger partial charge on any atom is 0.247 e. The molecular formula is C17H23N3O2. The van der Waals surface area contributed by atoms with Gasteiger partial charge in [-0.3, -0.25) is 14.6 Å². The number of carbonyl (C=O) groups is 2. The highest BCUT2D eigenvalue weighted by atomic mass is 16.2. The Morgan fingerprint density at radius 3 is 2.82 bits per heavy atom. The first-order valence-corrected chi connectivity index (χ1v) is 7.84. The lowest BCUT2D eigenvalue weighted by Gasteiger charge is -2.28. The monoisotopic (exact) mass is 301 g/mol. The Morgan fingerprint density at radius 2 is 2.18 bits per heavy atom. The molecule has 0 radical (unpaired) electrons. The van der Waals surface area contributed by atoms with Crippen LogP contribution >= 0.6 is 0 Å². The Balaban J connectivity index is 2.05. The molecule has 0 aromatic carbocycles. The van der Waals surface area contributed by atoms with E-state index in [0.717, 1.165) is 18.4 Å². The molecule has 1 saturated heterocycles. The second-order valence-electron chi connectivity index (χ2n) is 5.32. The number of carbonyl (C=O) groups excluding carboxylic acids is 2. The average molecular weight is 301 g/mol. The lowest BCUT2D eigenvalue weighted by atomic mass is 10.2. The summed E-state index contributed by atoms with van der Waals surface area (Å²) in [5, 5.41) is 0. The molecule has 5 nitrogen and oxygen atoms in total. The van der Waals surface area contributed by atoms with Crippen molar-refractivity contribution >= 4 is 17.9 Å². The van der Waals surface area contributed by atoms with Crippen molar-refractivity contribution in [3.8, 4) is 0 Å². The van der Waals surface area contributed by atoms with Gasteiger partial charge in [0.1, 0.15) is 6.04 Å². The van der Waals surface area contributed by atoms with Gasteiger partial charge < -0.3 is 9.80 Å². The van der Waals surface area contributed by atoms with Crippen LogP contribution in [0.3, 0.4) is 0 Å². The van der Waals surface area contributed by atoms with Crippen LogP contribution in [0.15, 0.2) is 30.6 Å². The number of hydrogen-bond acceptors (Lipinski definition) is 3. The molecule has 0 aliphatic carbocycles. The van der Waals surface area contributed by atoms with Gasteiger partial charge in [-0.05, 0) is 44.4 Å². The predicted octanol–water partition coefficient (Wildman–Crippen LogP) is 1.95. The number of aromatic nitrogens is 1. The molecule has 2 amide bonds. The third kappa shape index (κ3) is 3.72. The highest BCUT2D eigenvalue weighted by molar-refractivity contribution is 5.96. The Kier molecular flexibility index (Phi) is 5.69. The van der Waals surface area contributed by atoms with Crippen LogP contribution in [0.1, 0.15) is 32.3 Å². The van der Waals surface area contributed by atoms with E-state index in [1.807, 2.05) is 26.0 Å². The summed E-state index contributed by atoms with van der Waals surface area (Å²) in [5.74, 6) is -0.0440. The third-order valence-electron chi connectivity index (χ3n) is 4.00. The predicted molar refractivity (Wildman–Crippen MR) is 85.9 cm³/mol. The molecule has 1 aromatic rings. The van der Waals surface area contributed by atoms with Crippen LogP contribution in [-0.2, 0) is 9.59 Å². The minimum atomic E-state index is -0.314. The quantitative estimate of drug-likeness (QED) is 0.781. The summed E-state index contributed by atoms with van der Waals surface area (Å²) in [7, 11) is 0. The number of likely N-dealkylation sites (tertiary alicyclic amines) is 1. The van der Waals surface area contributed by atoms with E-state index in [9.17, 15) is 9.59 Å². The summed E-state index contributed by atoms with van der Waals surface area (Å²) in [6.45, 7) is 5.93. The van der Waals surface area contributed by atoms with E-state index in [1.54, 1.807) is 28.3 Å². The van der Waals surface area contributed by atoms with Gasteiger partial charge in [0.15, 0.2) is 0 Å². The van der Waals surface area contributed by atoms with E-state index in [-0.39, 0.29) is 17.9 Å². The van der Waals surface area contributed by atoms with E-state index < -0.39 is 0 Å². The Hall–Kier alpha value is -2.17. The van der Waals surface area contributed by atoms with Gasteiger partial charge in [-0.25, -0.2) is 0 Å². The number of likely N-dealkylation sites (N-methyl/N-ethyl adjacent to an activating group) is 1. The first-order chi connectivity index (χ1) is 10.7. The van der Waals surface area contributed by atoms with Crippen LogP contribution in [0.5, 0.6) is 0 Å². The van der Waals surface area contributed by atoms with Gasteiger partial charge in [0.25, 0.3) is 0 Å². The molecule has 0 unspecified atom stereocenters. The summed E-state index contributed by atoms with van der Waals surface area (Å²) in [4.78, 5) is 32.4. The van der Waals surface area contributed by atoms with Crippen molar-refractivity contribution in [3.05, 3.63) is 36.2 Å². The largest absolute Gasteiger partial charge is 0.341 e. The maximum atomic E-state index is 12.5. The standard InChI is InChI=1S/C17H23N3O2/c1-3-19(4-2)17(22)15-8-6-12-20(15)16(21)10-9-14-7-5-11-18-13-14/h5,7,9-11,13,15H,3-4,6,8,12H2,1-2H3/b10-9+/t15-/m0/s1. The molecule has 0 spiro atoms. The van der Waals surface area contributed by atoms with Crippen LogP contribution in [0, 0.1) is 0 Å². The molecule has 5 heteroatoms. The molecule has 0 bridgehead atoms. The fourth-order valence-corrected chi connectivity index (χ4v) is 2.77. The fourth-order valence-electron chi connectivity index (χ4n) is 2.77. The minimum Gasteiger partial charge on any atom is -0.341 e. The number of pyridine rings is 1. The summed E-state index contributed by atoms with van der Waals surface area (Å²) in [5.41, 5.74) is 0.877. The lowest BCUT2D eigenvalue weighted by molar-refractivity contribution is -0.141. The number of nitrogens with zero attached hydrogens (tertiary/aromatic N) is 3. The zero-order valence-corrected chi connectivity index (χ0v) is 13.2. The van der Waals surface area contributed by atoms with E-state index in [1.165, 1.54) is 6.08 Å². The van der Waals surface area contributed by atoms with E-state index >= 15 is 0 Å². The van der Waals surface area contributed by atoms with Gasteiger partial charge in [0.05, 0.1) is 0 Å². The van der Waals surface area contributed by atoms with Crippen LogP contribution in [0.4, 0.5) is 0 Å². The lowest BCUT2D eigenvalue weighted by Crippen LogP contribution is -2.47. The van der Waals surface area contributed by atoms with E-state index in [2.05, 4.69) is 4.98 Å². The number of amides is 2. The molecule has 1 aliphatic rings. The number of hydrogen-bond donors (Lipinski definition) is 0. The minimum absolute atomic E-state index is 0.0608. The first-order valence-electron chi connectivity index (χ1n) is 7.84. The molecule has 0 saturated carbocycles. The maximum absolute atomic E-state index is 12.5. The normalized spacial score (nSPS) is 17.9. The molecule has 1 aliphatic heterocycles. The van der Waals surface area contributed by atoms with Gasteiger partial charge >= 0.3 is 0 Å². The fraction of sp³-hybridized carbons (Fsp3) is 0.471. The van der Waals surface area contributed by atoms with Crippen molar-refractivity contribution in [2.75, 3.05) is 19.6 Å². The zero-order valence-electron chi connectivity index (χ0n) is 13.2. The van der Waals surface area contributed by atoms with Crippen molar-refractivity contribution in [1.82, 2.24) is 14.8 Å². The van der Waals surface area contributed by atoms with Crippen LogP contribution in [0.25, 0.3) is 6.08 Å². The molecular weight excluding hydrogens is 278 g/mol. The van der Waals surface area contributed by atoms with Gasteiger partial charge in [-0.15, -0.1) is 0 Å². The molecule has 2 rings (SSSR count). The topological polar surface area (TPSA) is 53.5 Å². The molecule has 1 fully saturated rings. The third-order valence-corrected chi connectivity index (χ3v) is 4.00. The molecule has 22 heavy (non-hydrogen) atoms. The highest BCUT2D eigenvalue weighted by Gasteiger charge is 2.34.